The minimum atomic E-state index is -0.290. The van der Waals surface area contributed by atoms with E-state index in [0.717, 1.165) is 53.9 Å². The third kappa shape index (κ3) is 4.22. The molecular formula is C25H29N5O4. The predicted molar refractivity (Wildman–Crippen MR) is 123 cm³/mol. The number of hydrogen-bond donors (Lipinski definition) is 0. The lowest BCUT2D eigenvalue weighted by Crippen LogP contribution is -2.53. The monoisotopic (exact) mass is 463 g/mol. The van der Waals surface area contributed by atoms with Crippen LogP contribution in [0.5, 0.6) is 0 Å². The van der Waals surface area contributed by atoms with Crippen molar-refractivity contribution < 1.29 is 19.2 Å². The predicted octanol–water partition coefficient (Wildman–Crippen LogP) is 1.57. The fourth-order valence-electron chi connectivity index (χ4n) is 5.07. The average molecular weight is 464 g/mol. The molecule has 1 aromatic carbocycles. The second-order valence-corrected chi connectivity index (χ2v) is 9.13. The summed E-state index contributed by atoms with van der Waals surface area (Å²) in [6.45, 7) is 1.35. The van der Waals surface area contributed by atoms with Crippen molar-refractivity contribution in [2.45, 2.75) is 44.9 Å². The first-order chi connectivity index (χ1) is 16.5. The van der Waals surface area contributed by atoms with Crippen molar-refractivity contribution in [1.82, 2.24) is 24.5 Å². The number of hydrogen-bond acceptors (Lipinski definition) is 5. The number of amides is 4. The molecule has 9 heteroatoms. The summed E-state index contributed by atoms with van der Waals surface area (Å²) >= 11 is 0. The SMILES string of the molecule is O=C(CN1C(=O)CCC1=O)N1CCN(C(=O)c2nn(-c3ccccc3)c3c2CCCCC3)CC1. The number of fused-ring (bicyclic) bond motifs is 1. The molecule has 3 aliphatic rings. The maximum absolute atomic E-state index is 13.5. The molecule has 0 unspecified atom stereocenters. The normalized spacial score (nSPS) is 18.8. The molecule has 0 bridgehead atoms. The number of carbonyl (C=O) groups excluding carboxylic acids is 4. The molecule has 34 heavy (non-hydrogen) atoms. The van der Waals surface area contributed by atoms with Crippen molar-refractivity contribution in [3.63, 3.8) is 0 Å². The molecule has 2 aliphatic heterocycles. The quantitative estimate of drug-likeness (QED) is 0.507. The van der Waals surface area contributed by atoms with Gasteiger partial charge in [-0.15, -0.1) is 0 Å². The molecule has 0 saturated carbocycles. The summed E-state index contributed by atoms with van der Waals surface area (Å²) in [5.41, 5.74) is 3.66. The van der Waals surface area contributed by atoms with Gasteiger partial charge < -0.3 is 9.80 Å². The summed E-state index contributed by atoms with van der Waals surface area (Å²) < 4.78 is 1.93. The minimum absolute atomic E-state index is 0.0928. The number of carbonyl (C=O) groups is 4. The van der Waals surface area contributed by atoms with Crippen molar-refractivity contribution in [2.24, 2.45) is 0 Å². The maximum atomic E-state index is 13.5. The van der Waals surface area contributed by atoms with E-state index in [1.165, 1.54) is 0 Å². The van der Waals surface area contributed by atoms with Crippen LogP contribution in [0.1, 0.15) is 53.8 Å². The number of imide groups is 1. The van der Waals surface area contributed by atoms with Gasteiger partial charge in [0.2, 0.25) is 17.7 Å². The van der Waals surface area contributed by atoms with Crippen LogP contribution in [0.3, 0.4) is 0 Å². The van der Waals surface area contributed by atoms with E-state index in [-0.39, 0.29) is 43.0 Å². The van der Waals surface area contributed by atoms with Gasteiger partial charge in [-0.05, 0) is 37.8 Å². The van der Waals surface area contributed by atoms with Crippen molar-refractivity contribution >= 4 is 23.6 Å². The van der Waals surface area contributed by atoms with Crippen LogP contribution >= 0.6 is 0 Å². The Bertz CT molecular complexity index is 1100. The molecular weight excluding hydrogens is 434 g/mol. The van der Waals surface area contributed by atoms with E-state index in [9.17, 15) is 19.2 Å². The number of nitrogens with zero attached hydrogens (tertiary/aromatic N) is 5. The summed E-state index contributed by atoms with van der Waals surface area (Å²) in [6.07, 6.45) is 5.37. The zero-order chi connectivity index (χ0) is 23.7. The van der Waals surface area contributed by atoms with E-state index in [0.29, 0.717) is 31.9 Å². The van der Waals surface area contributed by atoms with E-state index >= 15 is 0 Å². The van der Waals surface area contributed by atoms with E-state index in [1.54, 1.807) is 9.80 Å². The van der Waals surface area contributed by atoms with E-state index in [4.69, 9.17) is 5.10 Å². The summed E-state index contributed by atoms with van der Waals surface area (Å²) in [7, 11) is 0. The molecule has 4 amide bonds. The van der Waals surface area contributed by atoms with Gasteiger partial charge in [0.1, 0.15) is 6.54 Å². The lowest BCUT2D eigenvalue weighted by Gasteiger charge is -2.35. The molecule has 0 N–H and O–H groups in total. The van der Waals surface area contributed by atoms with Crippen molar-refractivity contribution in [2.75, 3.05) is 32.7 Å². The Morgan fingerprint density at radius 1 is 0.794 bits per heavy atom. The molecule has 1 aromatic heterocycles. The third-order valence-corrected chi connectivity index (χ3v) is 7.00. The molecule has 178 valence electrons. The highest BCUT2D eigenvalue weighted by molar-refractivity contribution is 6.04. The molecule has 3 heterocycles. The van der Waals surface area contributed by atoms with Gasteiger partial charge in [-0.3, -0.25) is 24.1 Å². The van der Waals surface area contributed by atoms with Crippen LogP contribution in [-0.4, -0.2) is 80.8 Å². The summed E-state index contributed by atoms with van der Waals surface area (Å²) in [5, 5.41) is 4.78. The Kier molecular flexibility index (Phi) is 6.17. The van der Waals surface area contributed by atoms with Gasteiger partial charge >= 0.3 is 0 Å². The van der Waals surface area contributed by atoms with Gasteiger partial charge in [0.25, 0.3) is 5.91 Å². The van der Waals surface area contributed by atoms with Crippen molar-refractivity contribution in [1.29, 1.82) is 0 Å². The van der Waals surface area contributed by atoms with Crippen LogP contribution < -0.4 is 0 Å². The molecule has 0 radical (unpaired) electrons. The Morgan fingerprint density at radius 3 is 2.15 bits per heavy atom. The molecule has 2 fully saturated rings. The zero-order valence-electron chi connectivity index (χ0n) is 19.2. The van der Waals surface area contributed by atoms with Gasteiger partial charge in [0.05, 0.1) is 5.69 Å². The Balaban J connectivity index is 1.29. The van der Waals surface area contributed by atoms with Gasteiger partial charge in [-0.2, -0.15) is 5.10 Å². The van der Waals surface area contributed by atoms with Gasteiger partial charge in [-0.1, -0.05) is 24.6 Å². The van der Waals surface area contributed by atoms with E-state index in [2.05, 4.69) is 0 Å². The van der Waals surface area contributed by atoms with Crippen LogP contribution in [0.25, 0.3) is 5.69 Å². The van der Waals surface area contributed by atoms with E-state index in [1.807, 2.05) is 35.0 Å². The van der Waals surface area contributed by atoms with Crippen molar-refractivity contribution in [3.8, 4) is 5.69 Å². The number of piperazine rings is 1. The largest absolute Gasteiger partial charge is 0.338 e. The van der Waals surface area contributed by atoms with Crippen molar-refractivity contribution in [3.05, 3.63) is 47.3 Å². The molecule has 2 saturated heterocycles. The first-order valence-electron chi connectivity index (χ1n) is 12.1. The number of likely N-dealkylation sites (tertiary alicyclic amines) is 1. The van der Waals surface area contributed by atoms with Crippen LogP contribution in [0, 0.1) is 0 Å². The molecule has 5 rings (SSSR count). The highest BCUT2D eigenvalue weighted by Crippen LogP contribution is 2.27. The van der Waals surface area contributed by atoms with Crippen LogP contribution in [-0.2, 0) is 27.2 Å². The Morgan fingerprint density at radius 2 is 1.44 bits per heavy atom. The Hall–Kier alpha value is -3.49. The second kappa shape index (κ2) is 9.40. The molecule has 0 spiro atoms. The number of para-hydroxylation sites is 1. The summed E-state index contributed by atoms with van der Waals surface area (Å²) in [6, 6.07) is 9.93. The van der Waals surface area contributed by atoms with E-state index < -0.39 is 0 Å². The van der Waals surface area contributed by atoms with Crippen LogP contribution in [0.4, 0.5) is 0 Å². The molecule has 0 atom stereocenters. The molecule has 2 aromatic rings. The number of rotatable bonds is 4. The van der Waals surface area contributed by atoms with Crippen LogP contribution in [0.2, 0.25) is 0 Å². The zero-order valence-corrected chi connectivity index (χ0v) is 19.2. The fraction of sp³-hybridized carbons (Fsp3) is 0.480. The standard InChI is InChI=1S/C25H29N5O4/c31-21-11-12-22(32)29(21)17-23(33)27-13-15-28(16-14-27)25(34)24-19-9-5-2-6-10-20(19)30(26-24)18-7-3-1-4-8-18/h1,3-4,7-8H,2,5-6,9-17H2. The van der Waals surface area contributed by atoms with Gasteiger partial charge in [0.15, 0.2) is 5.69 Å². The first-order valence-corrected chi connectivity index (χ1v) is 12.1. The fourth-order valence-corrected chi connectivity index (χ4v) is 5.07. The third-order valence-electron chi connectivity index (χ3n) is 7.00. The average Bonchev–Trinajstić information content (AvgIpc) is 3.27. The molecule has 9 nitrogen and oxygen atoms in total. The smallest absolute Gasteiger partial charge is 0.274 e. The lowest BCUT2D eigenvalue weighted by atomic mass is 10.1. The maximum Gasteiger partial charge on any atom is 0.274 e. The first kappa shape index (κ1) is 22.3. The molecule has 1 aliphatic carbocycles. The topological polar surface area (TPSA) is 95.8 Å². The highest BCUT2D eigenvalue weighted by atomic mass is 16.2. The second-order valence-electron chi connectivity index (χ2n) is 9.13. The number of benzene rings is 1. The summed E-state index contributed by atoms with van der Waals surface area (Å²) in [5.74, 6) is -0.925. The lowest BCUT2D eigenvalue weighted by molar-refractivity contribution is -0.146. The highest BCUT2D eigenvalue weighted by Gasteiger charge is 2.34. The van der Waals surface area contributed by atoms with Gasteiger partial charge in [0, 0.05) is 50.3 Å². The number of aromatic nitrogens is 2. The Labute approximate surface area is 198 Å². The van der Waals surface area contributed by atoms with Gasteiger partial charge in [-0.25, -0.2) is 4.68 Å². The van der Waals surface area contributed by atoms with Crippen LogP contribution in [0.15, 0.2) is 30.3 Å². The summed E-state index contributed by atoms with van der Waals surface area (Å²) in [4.78, 5) is 54.2. The minimum Gasteiger partial charge on any atom is -0.338 e.